The minimum atomic E-state index is -2.22. The Morgan fingerprint density at radius 3 is 2.41 bits per heavy atom. The summed E-state index contributed by atoms with van der Waals surface area (Å²) in [5, 5.41) is 44.0. The summed E-state index contributed by atoms with van der Waals surface area (Å²) in [4.78, 5) is 23.6. The zero-order chi connectivity index (χ0) is 35.4. The molecule has 5 N–H and O–H groups in total. The van der Waals surface area contributed by atoms with Gasteiger partial charge in [-0.05, 0) is 26.3 Å². The zero-order valence-electron chi connectivity index (χ0n) is 29.0. The van der Waals surface area contributed by atoms with Crippen molar-refractivity contribution in [2.24, 2.45) is 17.2 Å². The Morgan fingerprint density at radius 2 is 1.76 bits per heavy atom. The number of methoxy groups -OCH3 is 1. The number of ether oxygens (including phenoxy) is 3. The SMILES string of the molecule is [2H][C@](C)(C(=O)NC/C=C/C=C(\C)C(OC)C(C)C1CC(O)C(/C=C/C=C/C=C/C(=O)O)O1)[C@]1(O)C[C@H](O)C(C)(C)[C@H](/C=C/C=C\C)O1. The number of carboxylic acids is 1. The number of carboxylic acid groups (broad SMARTS) is 1. The van der Waals surface area contributed by atoms with E-state index in [2.05, 4.69) is 5.32 Å². The summed E-state index contributed by atoms with van der Waals surface area (Å²) in [6.07, 6.45) is 18.1. The summed E-state index contributed by atoms with van der Waals surface area (Å²) in [5.74, 6) is -6.20. The summed E-state index contributed by atoms with van der Waals surface area (Å²) in [5.41, 5.74) is 0.155. The molecule has 2 aliphatic heterocycles. The van der Waals surface area contributed by atoms with Crippen molar-refractivity contribution in [3.63, 3.8) is 0 Å². The predicted octanol–water partition coefficient (Wildman–Crippen LogP) is 4.16. The molecule has 10 heteroatoms. The number of rotatable bonds is 15. The van der Waals surface area contributed by atoms with Gasteiger partial charge in [0.05, 0.1) is 36.4 Å². The lowest BCUT2D eigenvalue weighted by molar-refractivity contribution is -0.312. The first-order valence-electron chi connectivity index (χ1n) is 16.1. The number of aliphatic hydroxyl groups is 3. The number of carbonyl (C=O) groups excluding carboxylic acids is 1. The maximum atomic E-state index is 13.1. The number of carbonyl (C=O) groups is 2. The number of hydrogen-bond acceptors (Lipinski definition) is 8. The highest BCUT2D eigenvalue weighted by atomic mass is 16.6. The third-order valence-corrected chi connectivity index (χ3v) is 8.60. The monoisotopic (exact) mass is 644 g/mol. The molecule has 2 heterocycles. The fraction of sp³-hybridized carbons (Fsp3) is 0.556. The predicted molar refractivity (Wildman–Crippen MR) is 178 cm³/mol. The number of amides is 1. The maximum Gasteiger partial charge on any atom is 0.328 e. The van der Waals surface area contributed by atoms with Crippen LogP contribution in [0.15, 0.2) is 84.6 Å². The number of hydrogen-bond donors (Lipinski definition) is 5. The third-order valence-electron chi connectivity index (χ3n) is 8.60. The van der Waals surface area contributed by atoms with Crippen molar-refractivity contribution >= 4 is 11.9 Å². The second-order valence-corrected chi connectivity index (χ2v) is 12.4. The number of aliphatic hydroxyl groups excluding tert-OH is 2. The van der Waals surface area contributed by atoms with E-state index in [0.717, 1.165) is 11.6 Å². The van der Waals surface area contributed by atoms with Crippen molar-refractivity contribution in [3.05, 3.63) is 84.6 Å². The molecule has 2 rings (SSSR count). The van der Waals surface area contributed by atoms with Crippen LogP contribution >= 0.6 is 0 Å². The first-order chi connectivity index (χ1) is 22.0. The largest absolute Gasteiger partial charge is 0.478 e. The van der Waals surface area contributed by atoms with E-state index < -0.39 is 53.4 Å². The zero-order valence-corrected chi connectivity index (χ0v) is 28.0. The molecule has 2 aliphatic rings. The summed E-state index contributed by atoms with van der Waals surface area (Å²) in [6.45, 7) is 10.7. The third kappa shape index (κ3) is 11.0. The molecular formula is C36H53NO9. The van der Waals surface area contributed by atoms with Crippen LogP contribution in [0.2, 0.25) is 0 Å². The van der Waals surface area contributed by atoms with E-state index in [1.807, 2.05) is 46.8 Å². The summed E-state index contributed by atoms with van der Waals surface area (Å²) in [7, 11) is 1.60. The Bertz CT molecular complexity index is 1260. The van der Waals surface area contributed by atoms with Crippen LogP contribution in [-0.4, -0.2) is 88.4 Å². The van der Waals surface area contributed by atoms with Gasteiger partial charge in [0.2, 0.25) is 5.91 Å². The van der Waals surface area contributed by atoms with Gasteiger partial charge in [0.25, 0.3) is 0 Å². The Balaban J connectivity index is 1.98. The van der Waals surface area contributed by atoms with Crippen LogP contribution < -0.4 is 5.32 Å². The van der Waals surface area contributed by atoms with Crippen LogP contribution in [0.3, 0.4) is 0 Å². The highest BCUT2D eigenvalue weighted by molar-refractivity contribution is 5.80. The molecule has 10 nitrogen and oxygen atoms in total. The van der Waals surface area contributed by atoms with E-state index >= 15 is 0 Å². The van der Waals surface area contributed by atoms with E-state index in [0.29, 0.717) is 6.42 Å². The first kappa shape index (κ1) is 37.3. The summed E-state index contributed by atoms with van der Waals surface area (Å²) in [6, 6.07) is 0. The molecule has 0 bridgehead atoms. The van der Waals surface area contributed by atoms with E-state index in [-0.39, 0.29) is 31.1 Å². The van der Waals surface area contributed by atoms with Gasteiger partial charge in [0.1, 0.15) is 6.10 Å². The molecular weight excluding hydrogens is 590 g/mol. The Labute approximate surface area is 274 Å². The van der Waals surface area contributed by atoms with E-state index in [4.69, 9.17) is 20.7 Å². The number of nitrogens with one attached hydrogen (secondary N) is 1. The quantitative estimate of drug-likeness (QED) is 0.131. The van der Waals surface area contributed by atoms with Crippen LogP contribution in [0.5, 0.6) is 0 Å². The van der Waals surface area contributed by atoms with Crippen LogP contribution in [-0.2, 0) is 23.8 Å². The van der Waals surface area contributed by atoms with Crippen LogP contribution in [0, 0.1) is 17.2 Å². The van der Waals surface area contributed by atoms with Gasteiger partial charge >= 0.3 is 5.97 Å². The van der Waals surface area contributed by atoms with Gasteiger partial charge in [-0.25, -0.2) is 4.79 Å². The van der Waals surface area contributed by atoms with Gasteiger partial charge in [-0.1, -0.05) is 93.7 Å². The van der Waals surface area contributed by atoms with Crippen molar-refractivity contribution in [1.82, 2.24) is 5.32 Å². The fourth-order valence-corrected chi connectivity index (χ4v) is 5.46. The van der Waals surface area contributed by atoms with Crippen molar-refractivity contribution < 1.29 is 45.6 Å². The molecule has 0 spiro atoms. The molecule has 0 aliphatic carbocycles. The Kier molecular flexibility index (Phi) is 14.8. The van der Waals surface area contributed by atoms with Crippen molar-refractivity contribution in [3.8, 4) is 0 Å². The average Bonchev–Trinajstić information content (AvgIpc) is 3.37. The molecule has 0 aromatic heterocycles. The Hall–Kier alpha value is -3.12. The highest BCUT2D eigenvalue weighted by Crippen LogP contribution is 2.43. The molecule has 5 unspecified atom stereocenters. The van der Waals surface area contributed by atoms with Crippen LogP contribution in [0.25, 0.3) is 0 Å². The number of aliphatic carboxylic acids is 1. The van der Waals surface area contributed by atoms with Gasteiger partial charge in [0.15, 0.2) is 5.79 Å². The minimum absolute atomic E-state index is 0.0888. The van der Waals surface area contributed by atoms with Gasteiger partial charge in [-0.2, -0.15) is 0 Å². The molecule has 1 amide bonds. The molecule has 0 radical (unpaired) electrons. The van der Waals surface area contributed by atoms with E-state index in [1.54, 1.807) is 61.8 Å². The molecule has 0 aromatic carbocycles. The topological polar surface area (TPSA) is 155 Å². The molecule has 0 saturated carbocycles. The maximum absolute atomic E-state index is 13.1. The molecule has 2 saturated heterocycles. The second kappa shape index (κ2) is 18.3. The normalized spacial score (nSPS) is 32.2. The molecule has 0 aromatic rings. The minimum Gasteiger partial charge on any atom is -0.478 e. The van der Waals surface area contributed by atoms with Gasteiger partial charge < -0.3 is 40.0 Å². The lowest BCUT2D eigenvalue weighted by Gasteiger charge is -2.50. The second-order valence-electron chi connectivity index (χ2n) is 12.4. The highest BCUT2D eigenvalue weighted by Gasteiger charge is 2.53. The smallest absolute Gasteiger partial charge is 0.328 e. The van der Waals surface area contributed by atoms with Gasteiger partial charge in [-0.3, -0.25) is 4.79 Å². The van der Waals surface area contributed by atoms with Crippen LogP contribution in [0.4, 0.5) is 0 Å². The van der Waals surface area contributed by atoms with Gasteiger partial charge in [-0.15, -0.1) is 0 Å². The van der Waals surface area contributed by atoms with Gasteiger partial charge in [0, 0.05) is 45.3 Å². The molecule has 46 heavy (non-hydrogen) atoms. The lowest BCUT2D eigenvalue weighted by atomic mass is 9.73. The van der Waals surface area contributed by atoms with E-state index in [9.17, 15) is 24.9 Å². The Morgan fingerprint density at radius 1 is 1.09 bits per heavy atom. The lowest BCUT2D eigenvalue weighted by Crippen LogP contribution is -2.60. The van der Waals surface area contributed by atoms with Crippen molar-refractivity contribution in [2.45, 2.75) is 96.8 Å². The average molecular weight is 645 g/mol. The summed E-state index contributed by atoms with van der Waals surface area (Å²) < 4.78 is 26.6. The first-order valence-corrected chi connectivity index (χ1v) is 15.6. The van der Waals surface area contributed by atoms with Crippen molar-refractivity contribution in [2.75, 3.05) is 13.7 Å². The molecule has 256 valence electrons. The standard InChI is InChI=1S/C36H53NO9/c1-8-9-12-19-31-35(5,6)30(39)23-36(43,46-31)26(4)34(42)37-21-16-15-17-24(2)33(44-7)25(3)29-22-27(38)28(45-29)18-13-10-11-14-20-32(40)41/h8-20,25-31,33,38-39,43H,21-23H2,1-7H3,(H,37,42)(H,40,41)/b9-8-,11-10+,16-15+,18-13+,19-12+,20-14+,24-17+/t25?,26-,27?,28?,29?,30-,31-,33?,36-/m0/s1/i26D. The summed E-state index contributed by atoms with van der Waals surface area (Å²) >= 11 is 0. The molecule has 2 fully saturated rings. The van der Waals surface area contributed by atoms with Crippen molar-refractivity contribution in [1.29, 1.82) is 0 Å². The number of allylic oxidation sites excluding steroid dienone is 9. The fourth-order valence-electron chi connectivity index (χ4n) is 5.46. The van der Waals surface area contributed by atoms with Crippen LogP contribution in [0.1, 0.15) is 55.8 Å². The molecule has 9 atom stereocenters. The van der Waals surface area contributed by atoms with E-state index in [1.165, 1.54) is 13.0 Å².